The van der Waals surface area contributed by atoms with Crippen LogP contribution >= 0.6 is 15.9 Å². The van der Waals surface area contributed by atoms with E-state index in [9.17, 15) is 4.39 Å². The summed E-state index contributed by atoms with van der Waals surface area (Å²) in [5, 5.41) is 2.98. The van der Waals surface area contributed by atoms with Crippen LogP contribution in [0.3, 0.4) is 0 Å². The average Bonchev–Trinajstić information content (AvgIpc) is 3.16. The molecule has 1 spiro atoms. The van der Waals surface area contributed by atoms with Crippen LogP contribution in [-0.2, 0) is 5.41 Å². The van der Waals surface area contributed by atoms with Crippen molar-refractivity contribution in [1.29, 1.82) is 0 Å². The summed E-state index contributed by atoms with van der Waals surface area (Å²) in [7, 11) is 0. The monoisotopic (exact) mass is 431 g/mol. The second-order valence-corrected chi connectivity index (χ2v) is 8.50. The first kappa shape index (κ1) is 16.9. The maximum atomic E-state index is 14.9. The standard InChI is InChI=1S/C18H19BrFN7/c1-17(20)7-18(4-5-24-17)8-27(12-6-10(19)2-3-11(12)18)15-13-14(23-9-22-13)25-16(21)26-15/h2-3,6,9,24H,4-5,7-8H2,1H3,(H3,21,22,23,25,26). The van der Waals surface area contributed by atoms with E-state index in [1.807, 2.05) is 6.07 Å². The van der Waals surface area contributed by atoms with Crippen LogP contribution in [0.5, 0.6) is 0 Å². The Morgan fingerprint density at radius 3 is 3.00 bits per heavy atom. The molecule has 0 radical (unpaired) electrons. The number of halogens is 2. The van der Waals surface area contributed by atoms with Crippen LogP contribution in [0.4, 0.5) is 21.8 Å². The van der Waals surface area contributed by atoms with Crippen molar-refractivity contribution in [1.82, 2.24) is 25.3 Å². The number of aromatic amines is 1. The lowest BCUT2D eigenvalue weighted by Crippen LogP contribution is -2.53. The molecule has 0 aliphatic carbocycles. The van der Waals surface area contributed by atoms with E-state index in [2.05, 4.69) is 58.2 Å². The van der Waals surface area contributed by atoms with Crippen molar-refractivity contribution >= 4 is 44.5 Å². The van der Waals surface area contributed by atoms with Crippen molar-refractivity contribution in [2.45, 2.75) is 31.0 Å². The first-order valence-electron chi connectivity index (χ1n) is 8.85. The van der Waals surface area contributed by atoms with Crippen LogP contribution in [0.15, 0.2) is 29.0 Å². The number of alkyl halides is 1. The molecule has 1 fully saturated rings. The van der Waals surface area contributed by atoms with Gasteiger partial charge in [-0.05, 0) is 37.6 Å². The van der Waals surface area contributed by atoms with Crippen LogP contribution < -0.4 is 16.0 Å². The topological polar surface area (TPSA) is 95.8 Å². The largest absolute Gasteiger partial charge is 0.368 e. The highest BCUT2D eigenvalue weighted by Gasteiger charge is 2.50. The molecule has 1 aromatic carbocycles. The number of nitrogen functional groups attached to an aromatic ring is 1. The van der Waals surface area contributed by atoms with E-state index in [0.29, 0.717) is 31.0 Å². The highest BCUT2D eigenvalue weighted by molar-refractivity contribution is 9.10. The number of fused-ring (bicyclic) bond motifs is 3. The quantitative estimate of drug-likeness (QED) is 0.512. The van der Waals surface area contributed by atoms with Crippen molar-refractivity contribution in [2.24, 2.45) is 0 Å². The minimum absolute atomic E-state index is 0.169. The van der Waals surface area contributed by atoms with Gasteiger partial charge >= 0.3 is 0 Å². The van der Waals surface area contributed by atoms with E-state index >= 15 is 0 Å². The fourth-order valence-electron chi connectivity index (χ4n) is 4.58. The third-order valence-electron chi connectivity index (χ3n) is 5.59. The molecule has 0 amide bonds. The van der Waals surface area contributed by atoms with E-state index in [1.165, 1.54) is 0 Å². The Labute approximate surface area is 163 Å². The summed E-state index contributed by atoms with van der Waals surface area (Å²) in [5.74, 6) is -0.569. The summed E-state index contributed by atoms with van der Waals surface area (Å²) >= 11 is 3.57. The zero-order chi connectivity index (χ0) is 18.8. The van der Waals surface area contributed by atoms with Crippen LogP contribution in [0, 0.1) is 0 Å². The number of benzene rings is 1. The molecule has 4 heterocycles. The summed E-state index contributed by atoms with van der Waals surface area (Å²) < 4.78 is 15.9. The third kappa shape index (κ3) is 2.60. The number of hydrogen-bond acceptors (Lipinski definition) is 6. The summed E-state index contributed by atoms with van der Waals surface area (Å²) in [5.41, 5.74) is 9.04. The van der Waals surface area contributed by atoms with Gasteiger partial charge in [-0.2, -0.15) is 9.97 Å². The zero-order valence-corrected chi connectivity index (χ0v) is 16.3. The summed E-state index contributed by atoms with van der Waals surface area (Å²) in [6.45, 7) is 2.87. The van der Waals surface area contributed by atoms with Gasteiger partial charge in [0.05, 0.1) is 6.33 Å². The molecule has 9 heteroatoms. The fourth-order valence-corrected chi connectivity index (χ4v) is 4.93. The second kappa shape index (κ2) is 5.62. The molecular weight excluding hydrogens is 413 g/mol. The van der Waals surface area contributed by atoms with Gasteiger partial charge in [-0.3, -0.25) is 5.32 Å². The number of anilines is 3. The zero-order valence-electron chi connectivity index (χ0n) is 14.8. The van der Waals surface area contributed by atoms with Gasteiger partial charge < -0.3 is 15.6 Å². The smallest absolute Gasteiger partial charge is 0.224 e. The number of H-pyrrole nitrogens is 1. The molecule has 5 rings (SSSR count). The molecule has 4 N–H and O–H groups in total. The second-order valence-electron chi connectivity index (χ2n) is 7.59. The maximum absolute atomic E-state index is 14.9. The Hall–Kier alpha value is -2.26. The lowest BCUT2D eigenvalue weighted by Gasteiger charge is -2.41. The molecule has 0 saturated carbocycles. The van der Waals surface area contributed by atoms with Crippen LogP contribution in [0.1, 0.15) is 25.3 Å². The number of nitrogens with one attached hydrogen (secondary N) is 2. The number of nitrogens with zero attached hydrogens (tertiary/aromatic N) is 4. The van der Waals surface area contributed by atoms with E-state index < -0.39 is 5.79 Å². The molecule has 7 nitrogen and oxygen atoms in total. The first-order valence-corrected chi connectivity index (χ1v) is 9.64. The predicted molar refractivity (Wildman–Crippen MR) is 106 cm³/mol. The number of nitrogens with two attached hydrogens (primary N) is 1. The van der Waals surface area contributed by atoms with Gasteiger partial charge in [0.1, 0.15) is 5.52 Å². The predicted octanol–water partition coefficient (Wildman–Crippen LogP) is 3.16. The third-order valence-corrected chi connectivity index (χ3v) is 6.08. The Kier molecular flexibility index (Phi) is 3.51. The van der Waals surface area contributed by atoms with Gasteiger partial charge in [-0.15, -0.1) is 0 Å². The normalized spacial score (nSPS) is 27.4. The molecule has 2 aromatic heterocycles. The number of aromatic nitrogens is 4. The van der Waals surface area contributed by atoms with Gasteiger partial charge in [0, 0.05) is 28.5 Å². The Balaban J connectivity index is 1.71. The van der Waals surface area contributed by atoms with Gasteiger partial charge in [-0.1, -0.05) is 22.0 Å². The van der Waals surface area contributed by atoms with Crippen LogP contribution in [0.2, 0.25) is 0 Å². The molecule has 27 heavy (non-hydrogen) atoms. The van der Waals surface area contributed by atoms with E-state index in [4.69, 9.17) is 5.73 Å². The van der Waals surface area contributed by atoms with E-state index in [-0.39, 0.29) is 11.4 Å². The lowest BCUT2D eigenvalue weighted by atomic mass is 9.72. The molecule has 140 valence electrons. The number of hydrogen-bond donors (Lipinski definition) is 3. The summed E-state index contributed by atoms with van der Waals surface area (Å²) in [4.78, 5) is 18.1. The highest BCUT2D eigenvalue weighted by atomic mass is 79.9. The fraction of sp³-hybridized carbons (Fsp3) is 0.389. The van der Waals surface area contributed by atoms with Crippen LogP contribution in [0.25, 0.3) is 11.2 Å². The SMILES string of the molecule is CC1(F)CC2(CCN1)CN(c1nc(N)nc3nc[nH]c13)c1cc(Br)ccc12. The molecule has 3 aromatic rings. The van der Waals surface area contributed by atoms with Crippen molar-refractivity contribution in [3.8, 4) is 0 Å². The van der Waals surface area contributed by atoms with Crippen molar-refractivity contribution in [3.05, 3.63) is 34.6 Å². The number of imidazole rings is 1. The molecule has 2 unspecified atom stereocenters. The van der Waals surface area contributed by atoms with Crippen molar-refractivity contribution < 1.29 is 4.39 Å². The Bertz CT molecular complexity index is 1050. The first-order chi connectivity index (χ1) is 12.9. The minimum atomic E-state index is -1.41. The molecule has 2 atom stereocenters. The Morgan fingerprint density at radius 1 is 1.33 bits per heavy atom. The van der Waals surface area contributed by atoms with Crippen molar-refractivity contribution in [2.75, 3.05) is 23.7 Å². The van der Waals surface area contributed by atoms with E-state index in [0.717, 1.165) is 27.7 Å². The molecule has 1 saturated heterocycles. The van der Waals surface area contributed by atoms with Crippen molar-refractivity contribution in [3.63, 3.8) is 0 Å². The molecule has 2 aliphatic rings. The minimum Gasteiger partial charge on any atom is -0.368 e. The molecular formula is C18H19BrFN7. The number of rotatable bonds is 1. The highest BCUT2D eigenvalue weighted by Crippen LogP contribution is 2.52. The van der Waals surface area contributed by atoms with Gasteiger partial charge in [-0.25, -0.2) is 9.37 Å². The average molecular weight is 432 g/mol. The van der Waals surface area contributed by atoms with Gasteiger partial charge in [0.25, 0.3) is 0 Å². The molecule has 0 bridgehead atoms. The maximum Gasteiger partial charge on any atom is 0.224 e. The number of piperidine rings is 1. The van der Waals surface area contributed by atoms with Gasteiger partial charge in [0.15, 0.2) is 17.3 Å². The van der Waals surface area contributed by atoms with Crippen LogP contribution in [-0.4, -0.2) is 38.8 Å². The van der Waals surface area contributed by atoms with E-state index in [1.54, 1.807) is 13.3 Å². The Morgan fingerprint density at radius 2 is 2.19 bits per heavy atom. The summed E-state index contributed by atoms with van der Waals surface area (Å²) in [6, 6.07) is 6.17. The summed E-state index contributed by atoms with van der Waals surface area (Å²) in [6.07, 6.45) is 2.83. The van der Waals surface area contributed by atoms with Gasteiger partial charge in [0.2, 0.25) is 5.95 Å². The lowest BCUT2D eigenvalue weighted by molar-refractivity contribution is 0.0590. The molecule has 2 aliphatic heterocycles.